The number of carbonyl (C=O) groups excluding carboxylic acids is 1. The Morgan fingerprint density at radius 2 is 2.05 bits per heavy atom. The van der Waals surface area contributed by atoms with Gasteiger partial charge in [0.1, 0.15) is 0 Å². The average molecular weight is 343 g/mol. The molecule has 1 aromatic carbocycles. The molecule has 0 N–H and O–H groups in total. The monoisotopic (exact) mass is 342 g/mol. The van der Waals surface area contributed by atoms with Gasteiger partial charge in [-0.05, 0) is 36.9 Å². The standard InChI is InChI=1S/C14H15ClN2O2S2/c1-3-11(13(18)9-4-6-10(15)7-5-9)21-14-17-16-12(19-14)8-20-2/h4-7,11H,3,8H2,1-2H3. The first-order valence-corrected chi connectivity index (χ1v) is 9.07. The molecule has 1 atom stereocenters. The maximum Gasteiger partial charge on any atom is 0.277 e. The Hall–Kier alpha value is -0.980. The largest absolute Gasteiger partial charge is 0.415 e. The zero-order chi connectivity index (χ0) is 15.2. The lowest BCUT2D eigenvalue weighted by molar-refractivity contribution is 0.0987. The lowest BCUT2D eigenvalue weighted by atomic mass is 10.1. The molecule has 0 amide bonds. The van der Waals surface area contributed by atoms with Crippen LogP contribution in [0.1, 0.15) is 29.6 Å². The van der Waals surface area contributed by atoms with Crippen LogP contribution in [0.15, 0.2) is 33.9 Å². The van der Waals surface area contributed by atoms with E-state index in [1.165, 1.54) is 11.8 Å². The van der Waals surface area contributed by atoms with Crippen molar-refractivity contribution in [1.82, 2.24) is 10.2 Å². The van der Waals surface area contributed by atoms with E-state index in [0.29, 0.717) is 33.9 Å². The zero-order valence-corrected chi connectivity index (χ0v) is 14.1. The number of Topliss-reactive ketones (excluding diaryl/α,β-unsaturated/α-hetero) is 1. The Labute approximate surface area is 137 Å². The fourth-order valence-electron chi connectivity index (χ4n) is 1.71. The van der Waals surface area contributed by atoms with Crippen LogP contribution in [0.25, 0.3) is 0 Å². The van der Waals surface area contributed by atoms with Crippen LogP contribution in [0.5, 0.6) is 0 Å². The molecule has 7 heteroatoms. The number of hydrogen-bond acceptors (Lipinski definition) is 6. The van der Waals surface area contributed by atoms with Crippen LogP contribution in [0.2, 0.25) is 5.02 Å². The van der Waals surface area contributed by atoms with Crippen molar-refractivity contribution in [3.8, 4) is 0 Å². The highest BCUT2D eigenvalue weighted by Gasteiger charge is 2.22. The second-order valence-corrected chi connectivity index (χ2v) is 6.74. The number of ketones is 1. The molecule has 0 bridgehead atoms. The summed E-state index contributed by atoms with van der Waals surface area (Å²) >= 11 is 8.76. The summed E-state index contributed by atoms with van der Waals surface area (Å²) in [5.74, 6) is 1.30. The molecule has 4 nitrogen and oxygen atoms in total. The fourth-order valence-corrected chi connectivity index (χ4v) is 3.09. The predicted molar refractivity (Wildman–Crippen MR) is 87.2 cm³/mol. The molecule has 1 unspecified atom stereocenters. The van der Waals surface area contributed by atoms with Crippen molar-refractivity contribution in [2.45, 2.75) is 29.6 Å². The Balaban J connectivity index is 2.07. The lowest BCUT2D eigenvalue weighted by Crippen LogP contribution is -2.16. The molecule has 1 heterocycles. The molecule has 0 spiro atoms. The Bertz CT molecular complexity index is 601. The fraction of sp³-hybridized carbons (Fsp3) is 0.357. The summed E-state index contributed by atoms with van der Waals surface area (Å²) in [4.78, 5) is 12.5. The Morgan fingerprint density at radius 1 is 1.33 bits per heavy atom. The van der Waals surface area contributed by atoms with Crippen molar-refractivity contribution >= 4 is 40.9 Å². The van der Waals surface area contributed by atoms with E-state index in [9.17, 15) is 4.79 Å². The number of halogens is 1. The van der Waals surface area contributed by atoms with Gasteiger partial charge in [0, 0.05) is 10.6 Å². The molecule has 2 aromatic rings. The summed E-state index contributed by atoms with van der Waals surface area (Å²) in [6.45, 7) is 1.96. The van der Waals surface area contributed by atoms with Crippen LogP contribution >= 0.6 is 35.1 Å². The minimum atomic E-state index is -0.242. The van der Waals surface area contributed by atoms with E-state index >= 15 is 0 Å². The summed E-state index contributed by atoms with van der Waals surface area (Å²) in [6, 6.07) is 6.91. The van der Waals surface area contributed by atoms with E-state index < -0.39 is 0 Å². The van der Waals surface area contributed by atoms with Gasteiger partial charge in [-0.3, -0.25) is 4.79 Å². The number of rotatable bonds is 7. The molecule has 1 aromatic heterocycles. The molecule has 0 saturated heterocycles. The SMILES string of the molecule is CCC(Sc1nnc(CSC)o1)C(=O)c1ccc(Cl)cc1. The predicted octanol–water partition coefficient (Wildman–Crippen LogP) is 4.34. The second-order valence-electron chi connectivity index (χ2n) is 4.28. The van der Waals surface area contributed by atoms with Gasteiger partial charge in [0.15, 0.2) is 5.78 Å². The molecular weight excluding hydrogens is 328 g/mol. The molecule has 0 saturated carbocycles. The normalized spacial score (nSPS) is 12.3. The third-order valence-corrected chi connectivity index (χ3v) is 4.74. The zero-order valence-electron chi connectivity index (χ0n) is 11.7. The number of aromatic nitrogens is 2. The van der Waals surface area contributed by atoms with Crippen LogP contribution < -0.4 is 0 Å². The minimum absolute atomic E-state index is 0.0452. The summed E-state index contributed by atoms with van der Waals surface area (Å²) in [6.07, 6.45) is 2.66. The number of benzene rings is 1. The van der Waals surface area contributed by atoms with Crippen LogP contribution in [0.4, 0.5) is 0 Å². The lowest BCUT2D eigenvalue weighted by Gasteiger charge is -2.10. The molecule has 0 aliphatic rings. The molecule has 112 valence electrons. The number of thioether (sulfide) groups is 2. The third kappa shape index (κ3) is 4.49. The van der Waals surface area contributed by atoms with E-state index in [-0.39, 0.29) is 11.0 Å². The molecule has 21 heavy (non-hydrogen) atoms. The number of hydrogen-bond donors (Lipinski definition) is 0. The van der Waals surface area contributed by atoms with E-state index in [2.05, 4.69) is 10.2 Å². The smallest absolute Gasteiger partial charge is 0.277 e. The number of carbonyl (C=O) groups is 1. The minimum Gasteiger partial charge on any atom is -0.415 e. The molecular formula is C14H15ClN2O2S2. The van der Waals surface area contributed by atoms with Crippen LogP contribution in [0.3, 0.4) is 0 Å². The van der Waals surface area contributed by atoms with Crippen LogP contribution in [-0.4, -0.2) is 27.5 Å². The molecule has 0 radical (unpaired) electrons. The molecule has 0 aliphatic carbocycles. The molecule has 0 fully saturated rings. The summed E-state index contributed by atoms with van der Waals surface area (Å²) in [5, 5.41) is 8.74. The van der Waals surface area contributed by atoms with Gasteiger partial charge in [0.05, 0.1) is 11.0 Å². The van der Waals surface area contributed by atoms with E-state index in [1.807, 2.05) is 13.2 Å². The highest BCUT2D eigenvalue weighted by atomic mass is 35.5. The van der Waals surface area contributed by atoms with Gasteiger partial charge in [-0.25, -0.2) is 0 Å². The number of nitrogens with zero attached hydrogens (tertiary/aromatic N) is 2. The summed E-state index contributed by atoms with van der Waals surface area (Å²) in [7, 11) is 0. The van der Waals surface area contributed by atoms with Crippen LogP contribution in [0, 0.1) is 0 Å². The van der Waals surface area contributed by atoms with Crippen molar-refractivity contribution in [3.05, 3.63) is 40.7 Å². The van der Waals surface area contributed by atoms with Gasteiger partial charge >= 0.3 is 0 Å². The van der Waals surface area contributed by atoms with E-state index in [0.717, 1.165) is 0 Å². The first kappa shape index (κ1) is 16.4. The van der Waals surface area contributed by atoms with Crippen molar-refractivity contribution in [3.63, 3.8) is 0 Å². The first-order chi connectivity index (χ1) is 10.1. The Morgan fingerprint density at radius 3 is 2.67 bits per heavy atom. The Kier molecular flexibility index (Phi) is 6.14. The molecule has 0 aliphatic heterocycles. The third-order valence-electron chi connectivity index (χ3n) is 2.75. The quantitative estimate of drug-likeness (QED) is 0.551. The van der Waals surface area contributed by atoms with Gasteiger partial charge in [-0.1, -0.05) is 30.3 Å². The summed E-state index contributed by atoms with van der Waals surface area (Å²) < 4.78 is 5.51. The maximum absolute atomic E-state index is 12.5. The van der Waals surface area contributed by atoms with Crippen molar-refractivity contribution in [2.24, 2.45) is 0 Å². The summed E-state index contributed by atoms with van der Waals surface area (Å²) in [5.41, 5.74) is 0.641. The van der Waals surface area contributed by atoms with Crippen LogP contribution in [-0.2, 0) is 5.75 Å². The first-order valence-electron chi connectivity index (χ1n) is 6.41. The molecule has 2 rings (SSSR count). The van der Waals surface area contributed by atoms with Crippen molar-refractivity contribution < 1.29 is 9.21 Å². The topological polar surface area (TPSA) is 56.0 Å². The van der Waals surface area contributed by atoms with Crippen molar-refractivity contribution in [1.29, 1.82) is 0 Å². The van der Waals surface area contributed by atoms with Gasteiger partial charge in [-0.2, -0.15) is 11.8 Å². The van der Waals surface area contributed by atoms with Gasteiger partial charge in [-0.15, -0.1) is 10.2 Å². The second kappa shape index (κ2) is 7.87. The highest BCUT2D eigenvalue weighted by Crippen LogP contribution is 2.28. The van der Waals surface area contributed by atoms with Gasteiger partial charge in [0.25, 0.3) is 5.22 Å². The van der Waals surface area contributed by atoms with Gasteiger partial charge < -0.3 is 4.42 Å². The van der Waals surface area contributed by atoms with Crippen molar-refractivity contribution in [2.75, 3.05) is 6.26 Å². The van der Waals surface area contributed by atoms with E-state index in [4.69, 9.17) is 16.0 Å². The maximum atomic E-state index is 12.5. The highest BCUT2D eigenvalue weighted by molar-refractivity contribution is 8.00. The van der Waals surface area contributed by atoms with E-state index in [1.54, 1.807) is 36.0 Å². The van der Waals surface area contributed by atoms with Gasteiger partial charge in [0.2, 0.25) is 5.89 Å². The average Bonchev–Trinajstić information content (AvgIpc) is 2.92.